The van der Waals surface area contributed by atoms with E-state index >= 15 is 0 Å². The molecule has 5 heteroatoms. The second kappa shape index (κ2) is 6.91. The summed E-state index contributed by atoms with van der Waals surface area (Å²) in [4.78, 5) is 15.8. The largest absolute Gasteiger partial charge is 0.338 e. The van der Waals surface area contributed by atoms with Crippen LogP contribution in [0.1, 0.15) is 11.1 Å². The Kier molecular flexibility index (Phi) is 4.96. The number of hydrogen-bond acceptors (Lipinski definition) is 2. The average molecular weight is 290 g/mol. The van der Waals surface area contributed by atoms with Gasteiger partial charge in [-0.05, 0) is 48.7 Å². The fraction of sp³-hybridized carbons (Fsp3) is 0.200. The van der Waals surface area contributed by atoms with Crippen LogP contribution in [0.4, 0.5) is 10.5 Å². The molecule has 0 saturated heterocycles. The van der Waals surface area contributed by atoms with E-state index in [4.69, 9.17) is 11.6 Å². The van der Waals surface area contributed by atoms with Crippen molar-refractivity contribution < 1.29 is 4.79 Å². The van der Waals surface area contributed by atoms with Crippen molar-refractivity contribution in [2.24, 2.45) is 0 Å². The van der Waals surface area contributed by atoms with E-state index in [1.165, 1.54) is 0 Å². The van der Waals surface area contributed by atoms with Crippen molar-refractivity contribution >= 4 is 23.3 Å². The van der Waals surface area contributed by atoms with E-state index < -0.39 is 0 Å². The Morgan fingerprint density at radius 3 is 2.90 bits per heavy atom. The number of amides is 2. The van der Waals surface area contributed by atoms with E-state index in [1.807, 2.05) is 25.1 Å². The molecule has 0 aliphatic heterocycles. The molecule has 1 aromatic carbocycles. The van der Waals surface area contributed by atoms with Gasteiger partial charge in [0.1, 0.15) is 0 Å². The predicted octanol–water partition coefficient (Wildman–Crippen LogP) is 3.41. The van der Waals surface area contributed by atoms with Crippen LogP contribution in [0.3, 0.4) is 0 Å². The molecule has 0 spiro atoms. The molecule has 0 aliphatic rings. The standard InChI is InChI=1S/C15H16ClN3O/c1-11-9-13(16)4-5-14(11)19-15(20)18-8-6-12-3-2-7-17-10-12/h2-5,7,9-10H,6,8H2,1H3,(H2,18,19,20). The van der Waals surface area contributed by atoms with Gasteiger partial charge >= 0.3 is 6.03 Å². The lowest BCUT2D eigenvalue weighted by molar-refractivity contribution is 0.252. The highest BCUT2D eigenvalue weighted by Crippen LogP contribution is 2.19. The summed E-state index contributed by atoms with van der Waals surface area (Å²) in [5.74, 6) is 0. The Bertz CT molecular complexity index is 587. The van der Waals surface area contributed by atoms with Gasteiger partial charge in [-0.2, -0.15) is 0 Å². The molecule has 20 heavy (non-hydrogen) atoms. The zero-order valence-electron chi connectivity index (χ0n) is 11.2. The highest BCUT2D eigenvalue weighted by molar-refractivity contribution is 6.30. The maximum atomic E-state index is 11.8. The van der Waals surface area contributed by atoms with E-state index in [-0.39, 0.29) is 6.03 Å². The lowest BCUT2D eigenvalue weighted by atomic mass is 10.2. The predicted molar refractivity (Wildman–Crippen MR) is 81.2 cm³/mol. The molecule has 0 aliphatic carbocycles. The third-order valence-corrected chi connectivity index (χ3v) is 3.09. The minimum absolute atomic E-state index is 0.223. The SMILES string of the molecule is Cc1cc(Cl)ccc1NC(=O)NCCc1cccnc1. The summed E-state index contributed by atoms with van der Waals surface area (Å²) in [6.07, 6.45) is 4.27. The first-order chi connectivity index (χ1) is 9.65. The summed E-state index contributed by atoms with van der Waals surface area (Å²) in [6.45, 7) is 2.46. The Hall–Kier alpha value is -2.07. The number of nitrogens with one attached hydrogen (secondary N) is 2. The van der Waals surface area contributed by atoms with Crippen LogP contribution in [0, 0.1) is 6.92 Å². The maximum Gasteiger partial charge on any atom is 0.319 e. The topological polar surface area (TPSA) is 54.0 Å². The van der Waals surface area contributed by atoms with E-state index in [9.17, 15) is 4.79 Å². The number of carbonyl (C=O) groups excluding carboxylic acids is 1. The molecular formula is C15H16ClN3O. The lowest BCUT2D eigenvalue weighted by Gasteiger charge is -2.10. The van der Waals surface area contributed by atoms with Gasteiger partial charge in [0.25, 0.3) is 0 Å². The summed E-state index contributed by atoms with van der Waals surface area (Å²) >= 11 is 5.87. The highest BCUT2D eigenvalue weighted by atomic mass is 35.5. The van der Waals surface area contributed by atoms with Crippen molar-refractivity contribution in [2.45, 2.75) is 13.3 Å². The Labute approximate surface area is 123 Å². The lowest BCUT2D eigenvalue weighted by Crippen LogP contribution is -2.30. The van der Waals surface area contributed by atoms with Gasteiger partial charge in [-0.3, -0.25) is 4.98 Å². The molecule has 0 bridgehead atoms. The molecule has 4 nitrogen and oxygen atoms in total. The summed E-state index contributed by atoms with van der Waals surface area (Å²) in [6, 6.07) is 8.99. The number of nitrogens with zero attached hydrogens (tertiary/aromatic N) is 1. The van der Waals surface area contributed by atoms with E-state index in [0.717, 1.165) is 23.2 Å². The minimum Gasteiger partial charge on any atom is -0.338 e. The van der Waals surface area contributed by atoms with Gasteiger partial charge in [0.2, 0.25) is 0 Å². The first-order valence-electron chi connectivity index (χ1n) is 6.35. The first kappa shape index (κ1) is 14.3. The van der Waals surface area contributed by atoms with Gasteiger partial charge in [0, 0.05) is 29.6 Å². The Morgan fingerprint density at radius 1 is 1.35 bits per heavy atom. The Morgan fingerprint density at radius 2 is 2.20 bits per heavy atom. The van der Waals surface area contributed by atoms with Crippen molar-refractivity contribution in [2.75, 3.05) is 11.9 Å². The van der Waals surface area contributed by atoms with Crippen molar-refractivity contribution in [1.29, 1.82) is 0 Å². The van der Waals surface area contributed by atoms with Crippen LogP contribution in [0.5, 0.6) is 0 Å². The molecule has 0 saturated carbocycles. The van der Waals surface area contributed by atoms with Crippen molar-refractivity contribution in [3.8, 4) is 0 Å². The summed E-state index contributed by atoms with van der Waals surface area (Å²) in [7, 11) is 0. The van der Waals surface area contributed by atoms with Gasteiger partial charge in [0.05, 0.1) is 0 Å². The van der Waals surface area contributed by atoms with Gasteiger partial charge in [-0.25, -0.2) is 4.79 Å². The third-order valence-electron chi connectivity index (χ3n) is 2.86. The monoisotopic (exact) mass is 289 g/mol. The zero-order chi connectivity index (χ0) is 14.4. The van der Waals surface area contributed by atoms with Crippen LogP contribution in [0.25, 0.3) is 0 Å². The highest BCUT2D eigenvalue weighted by Gasteiger charge is 2.04. The van der Waals surface area contributed by atoms with E-state index in [1.54, 1.807) is 24.5 Å². The number of urea groups is 1. The third kappa shape index (κ3) is 4.24. The normalized spacial score (nSPS) is 10.1. The number of benzene rings is 1. The molecule has 1 aromatic heterocycles. The number of anilines is 1. The van der Waals surface area contributed by atoms with Crippen LogP contribution in [-0.4, -0.2) is 17.6 Å². The number of rotatable bonds is 4. The molecule has 0 atom stereocenters. The zero-order valence-corrected chi connectivity index (χ0v) is 11.9. The molecule has 2 amide bonds. The second-order valence-corrected chi connectivity index (χ2v) is 4.89. The Balaban J connectivity index is 1.81. The number of carbonyl (C=O) groups is 1. The number of aryl methyl sites for hydroxylation is 1. The maximum absolute atomic E-state index is 11.8. The molecule has 0 fully saturated rings. The fourth-order valence-electron chi connectivity index (χ4n) is 1.80. The number of pyridine rings is 1. The van der Waals surface area contributed by atoms with Crippen LogP contribution >= 0.6 is 11.6 Å². The van der Waals surface area contributed by atoms with Gasteiger partial charge in [-0.15, -0.1) is 0 Å². The van der Waals surface area contributed by atoms with Crippen LogP contribution in [-0.2, 0) is 6.42 Å². The molecule has 0 unspecified atom stereocenters. The van der Waals surface area contributed by atoms with E-state index in [2.05, 4.69) is 15.6 Å². The minimum atomic E-state index is -0.223. The second-order valence-electron chi connectivity index (χ2n) is 4.45. The van der Waals surface area contributed by atoms with Crippen molar-refractivity contribution in [3.05, 3.63) is 58.9 Å². The van der Waals surface area contributed by atoms with Crippen LogP contribution in [0.2, 0.25) is 5.02 Å². The van der Waals surface area contributed by atoms with E-state index in [0.29, 0.717) is 11.6 Å². The van der Waals surface area contributed by atoms with Crippen LogP contribution < -0.4 is 10.6 Å². The quantitative estimate of drug-likeness (QED) is 0.906. The fourth-order valence-corrected chi connectivity index (χ4v) is 2.03. The molecule has 0 radical (unpaired) electrons. The number of aromatic nitrogens is 1. The molecule has 1 heterocycles. The summed E-state index contributed by atoms with van der Waals surface area (Å²) < 4.78 is 0. The number of halogens is 1. The number of hydrogen-bond donors (Lipinski definition) is 2. The summed E-state index contributed by atoms with van der Waals surface area (Å²) in [5.41, 5.74) is 2.78. The van der Waals surface area contributed by atoms with Gasteiger partial charge in [-0.1, -0.05) is 17.7 Å². The first-order valence-corrected chi connectivity index (χ1v) is 6.73. The molecule has 2 rings (SSSR count). The van der Waals surface area contributed by atoms with Crippen molar-refractivity contribution in [1.82, 2.24) is 10.3 Å². The molecular weight excluding hydrogens is 274 g/mol. The van der Waals surface area contributed by atoms with Gasteiger partial charge < -0.3 is 10.6 Å². The average Bonchev–Trinajstić information content (AvgIpc) is 2.43. The molecule has 2 aromatic rings. The molecule has 104 valence electrons. The summed E-state index contributed by atoms with van der Waals surface area (Å²) in [5, 5.41) is 6.27. The molecule has 2 N–H and O–H groups in total. The van der Waals surface area contributed by atoms with Gasteiger partial charge in [0.15, 0.2) is 0 Å². The van der Waals surface area contributed by atoms with Crippen molar-refractivity contribution in [3.63, 3.8) is 0 Å². The van der Waals surface area contributed by atoms with Crippen LogP contribution in [0.15, 0.2) is 42.7 Å². The smallest absolute Gasteiger partial charge is 0.319 e.